The molecule has 0 atom stereocenters. The molecular weight excluding hydrogens is 258 g/mol. The summed E-state index contributed by atoms with van der Waals surface area (Å²) in [5.41, 5.74) is 0. The number of thioether (sulfide) groups is 1. The van der Waals surface area contributed by atoms with Crippen LogP contribution in [0.3, 0.4) is 0 Å². The molecule has 0 saturated carbocycles. The Hall–Kier alpha value is -1.04. The van der Waals surface area contributed by atoms with E-state index in [1.54, 1.807) is 11.8 Å². The SMILES string of the molecule is CN(CC(=O)NCCSc1ccccc1)C1CNC1. The molecule has 104 valence electrons. The summed E-state index contributed by atoms with van der Waals surface area (Å²) >= 11 is 1.76. The number of rotatable bonds is 7. The second kappa shape index (κ2) is 7.53. The average Bonchev–Trinajstić information content (AvgIpc) is 2.33. The molecule has 1 aromatic carbocycles. The molecule has 19 heavy (non-hydrogen) atoms. The minimum atomic E-state index is 0.114. The highest BCUT2D eigenvalue weighted by atomic mass is 32.2. The second-order valence-electron chi connectivity index (χ2n) is 4.74. The topological polar surface area (TPSA) is 44.4 Å². The minimum Gasteiger partial charge on any atom is -0.354 e. The van der Waals surface area contributed by atoms with Crippen LogP contribution in [0.25, 0.3) is 0 Å². The molecule has 0 aromatic heterocycles. The summed E-state index contributed by atoms with van der Waals surface area (Å²) < 4.78 is 0. The van der Waals surface area contributed by atoms with E-state index in [1.807, 2.05) is 25.2 Å². The van der Waals surface area contributed by atoms with Crippen molar-refractivity contribution in [1.29, 1.82) is 0 Å². The van der Waals surface area contributed by atoms with Gasteiger partial charge < -0.3 is 10.6 Å². The third-order valence-electron chi connectivity index (χ3n) is 3.21. The zero-order valence-corrected chi connectivity index (χ0v) is 12.1. The first-order valence-corrected chi connectivity index (χ1v) is 7.60. The average molecular weight is 279 g/mol. The van der Waals surface area contributed by atoms with Crippen LogP contribution in [0.2, 0.25) is 0 Å². The van der Waals surface area contributed by atoms with E-state index in [4.69, 9.17) is 0 Å². The zero-order chi connectivity index (χ0) is 13.5. The maximum Gasteiger partial charge on any atom is 0.234 e. The zero-order valence-electron chi connectivity index (χ0n) is 11.3. The Labute approximate surface area is 118 Å². The van der Waals surface area contributed by atoms with Crippen LogP contribution in [0.4, 0.5) is 0 Å². The monoisotopic (exact) mass is 279 g/mol. The van der Waals surface area contributed by atoms with E-state index >= 15 is 0 Å². The van der Waals surface area contributed by atoms with E-state index in [9.17, 15) is 4.79 Å². The highest BCUT2D eigenvalue weighted by molar-refractivity contribution is 7.99. The quantitative estimate of drug-likeness (QED) is 0.572. The maximum absolute atomic E-state index is 11.7. The number of carbonyl (C=O) groups is 1. The number of benzene rings is 1. The number of hydrogen-bond acceptors (Lipinski definition) is 4. The van der Waals surface area contributed by atoms with Crippen LogP contribution in [-0.2, 0) is 4.79 Å². The highest BCUT2D eigenvalue weighted by Crippen LogP contribution is 2.15. The van der Waals surface area contributed by atoms with Gasteiger partial charge in [0.15, 0.2) is 0 Å². The molecule has 0 unspecified atom stereocenters. The molecule has 1 aliphatic heterocycles. The van der Waals surface area contributed by atoms with E-state index in [1.165, 1.54) is 4.90 Å². The Balaban J connectivity index is 1.56. The van der Waals surface area contributed by atoms with Gasteiger partial charge >= 0.3 is 0 Å². The number of carbonyl (C=O) groups excluding carboxylic acids is 1. The van der Waals surface area contributed by atoms with Crippen molar-refractivity contribution in [3.63, 3.8) is 0 Å². The summed E-state index contributed by atoms with van der Waals surface area (Å²) in [5.74, 6) is 1.02. The van der Waals surface area contributed by atoms with Crippen molar-refractivity contribution in [3.05, 3.63) is 30.3 Å². The van der Waals surface area contributed by atoms with Crippen LogP contribution >= 0.6 is 11.8 Å². The normalized spacial score (nSPS) is 15.3. The molecule has 0 spiro atoms. The van der Waals surface area contributed by atoms with Crippen LogP contribution in [0.15, 0.2) is 35.2 Å². The molecule has 4 nitrogen and oxygen atoms in total. The van der Waals surface area contributed by atoms with Gasteiger partial charge in [-0.15, -0.1) is 11.8 Å². The number of amides is 1. The summed E-state index contributed by atoms with van der Waals surface area (Å²) in [6.07, 6.45) is 0. The molecular formula is C14H21N3OS. The lowest BCUT2D eigenvalue weighted by Crippen LogP contribution is -2.57. The lowest BCUT2D eigenvalue weighted by Gasteiger charge is -2.35. The fraction of sp³-hybridized carbons (Fsp3) is 0.500. The van der Waals surface area contributed by atoms with E-state index in [-0.39, 0.29) is 5.91 Å². The highest BCUT2D eigenvalue weighted by Gasteiger charge is 2.22. The van der Waals surface area contributed by atoms with Gasteiger partial charge in [-0.25, -0.2) is 0 Å². The number of likely N-dealkylation sites (N-methyl/N-ethyl adjacent to an activating group) is 1. The third kappa shape index (κ3) is 4.86. The fourth-order valence-electron chi connectivity index (χ4n) is 1.87. The number of nitrogens with one attached hydrogen (secondary N) is 2. The van der Waals surface area contributed by atoms with E-state index in [0.717, 1.165) is 25.4 Å². The van der Waals surface area contributed by atoms with Crippen molar-refractivity contribution in [2.45, 2.75) is 10.9 Å². The molecule has 0 aliphatic carbocycles. The summed E-state index contributed by atoms with van der Waals surface area (Å²) in [4.78, 5) is 15.1. The molecule has 1 aliphatic rings. The minimum absolute atomic E-state index is 0.114. The predicted molar refractivity (Wildman–Crippen MR) is 79.5 cm³/mol. The largest absolute Gasteiger partial charge is 0.354 e. The van der Waals surface area contributed by atoms with Crippen molar-refractivity contribution < 1.29 is 4.79 Å². The summed E-state index contributed by atoms with van der Waals surface area (Å²) in [6, 6.07) is 10.8. The van der Waals surface area contributed by atoms with E-state index in [0.29, 0.717) is 12.6 Å². The van der Waals surface area contributed by atoms with Crippen LogP contribution < -0.4 is 10.6 Å². The molecule has 2 N–H and O–H groups in total. The van der Waals surface area contributed by atoms with Gasteiger partial charge in [-0.1, -0.05) is 18.2 Å². The van der Waals surface area contributed by atoms with Gasteiger partial charge in [0.25, 0.3) is 0 Å². The first-order valence-electron chi connectivity index (χ1n) is 6.61. The molecule has 2 rings (SSSR count). The molecule has 0 bridgehead atoms. The van der Waals surface area contributed by atoms with Crippen molar-refractivity contribution in [3.8, 4) is 0 Å². The predicted octanol–water partition coefficient (Wildman–Crippen LogP) is 0.798. The lowest BCUT2D eigenvalue weighted by atomic mass is 10.1. The molecule has 1 aromatic rings. The third-order valence-corrected chi connectivity index (χ3v) is 4.23. The Bertz CT molecular complexity index is 395. The Morgan fingerprint density at radius 1 is 1.42 bits per heavy atom. The maximum atomic E-state index is 11.7. The summed E-state index contributed by atoms with van der Waals surface area (Å²) in [7, 11) is 2.00. The molecule has 1 saturated heterocycles. The number of hydrogen-bond donors (Lipinski definition) is 2. The standard InChI is InChI=1S/C14H21N3OS/c1-17(12-9-15-10-12)11-14(18)16-7-8-19-13-5-3-2-4-6-13/h2-6,12,15H,7-11H2,1H3,(H,16,18). The van der Waals surface area contributed by atoms with Crippen LogP contribution in [-0.4, -0.2) is 55.8 Å². The fourth-order valence-corrected chi connectivity index (χ4v) is 2.66. The lowest BCUT2D eigenvalue weighted by molar-refractivity contribution is -0.122. The van der Waals surface area contributed by atoms with Gasteiger partial charge in [-0.2, -0.15) is 0 Å². The molecule has 1 amide bonds. The van der Waals surface area contributed by atoms with Crippen molar-refractivity contribution in [1.82, 2.24) is 15.5 Å². The first kappa shape index (κ1) is 14.4. The summed E-state index contributed by atoms with van der Waals surface area (Å²) in [6.45, 7) is 3.19. The van der Waals surface area contributed by atoms with Crippen molar-refractivity contribution in [2.75, 3.05) is 39.0 Å². The van der Waals surface area contributed by atoms with Gasteiger partial charge in [0.2, 0.25) is 5.91 Å². The van der Waals surface area contributed by atoms with E-state index < -0.39 is 0 Å². The Morgan fingerprint density at radius 3 is 2.79 bits per heavy atom. The van der Waals surface area contributed by atoms with Crippen molar-refractivity contribution >= 4 is 17.7 Å². The molecule has 1 heterocycles. The molecule has 1 fully saturated rings. The number of nitrogens with zero attached hydrogens (tertiary/aromatic N) is 1. The first-order chi connectivity index (χ1) is 9.25. The summed E-state index contributed by atoms with van der Waals surface area (Å²) in [5, 5.41) is 6.17. The van der Waals surface area contributed by atoms with Crippen LogP contribution in [0, 0.1) is 0 Å². The van der Waals surface area contributed by atoms with Gasteiger partial charge in [0.05, 0.1) is 6.54 Å². The van der Waals surface area contributed by atoms with Gasteiger partial charge in [-0.05, 0) is 19.2 Å². The van der Waals surface area contributed by atoms with Crippen LogP contribution in [0.5, 0.6) is 0 Å². The Morgan fingerprint density at radius 2 is 2.16 bits per heavy atom. The van der Waals surface area contributed by atoms with E-state index in [2.05, 4.69) is 27.7 Å². The Kier molecular flexibility index (Phi) is 5.69. The smallest absolute Gasteiger partial charge is 0.234 e. The van der Waals surface area contributed by atoms with Crippen LogP contribution in [0.1, 0.15) is 0 Å². The van der Waals surface area contributed by atoms with Gasteiger partial charge in [-0.3, -0.25) is 9.69 Å². The van der Waals surface area contributed by atoms with Gasteiger partial charge in [0, 0.05) is 36.3 Å². The second-order valence-corrected chi connectivity index (χ2v) is 5.91. The molecule has 5 heteroatoms. The van der Waals surface area contributed by atoms with Crippen molar-refractivity contribution in [2.24, 2.45) is 0 Å². The van der Waals surface area contributed by atoms with Gasteiger partial charge in [0.1, 0.15) is 0 Å². The molecule has 0 radical (unpaired) electrons.